The van der Waals surface area contributed by atoms with E-state index >= 15 is 0 Å². The summed E-state index contributed by atoms with van der Waals surface area (Å²) in [5, 5.41) is 3.53. The summed E-state index contributed by atoms with van der Waals surface area (Å²) in [6, 6.07) is 8.45. The Balaban J connectivity index is 2.30. The zero-order valence-corrected chi connectivity index (χ0v) is 14.2. The van der Waals surface area contributed by atoms with E-state index in [-0.39, 0.29) is 0 Å². The first kappa shape index (κ1) is 16.7. The first-order chi connectivity index (χ1) is 8.99. The molecule has 0 aromatic heterocycles. The van der Waals surface area contributed by atoms with Crippen LogP contribution in [0.5, 0.6) is 0 Å². The molecule has 0 heterocycles. The lowest BCUT2D eigenvalue weighted by molar-refractivity contribution is 0.272. The van der Waals surface area contributed by atoms with E-state index in [2.05, 4.69) is 78.2 Å². The molecule has 3 heteroatoms. The minimum absolute atomic E-state index is 0.672. The monoisotopic (exact) mass is 326 g/mol. The molecule has 2 nitrogen and oxygen atoms in total. The summed E-state index contributed by atoms with van der Waals surface area (Å²) in [7, 11) is 2.19. The van der Waals surface area contributed by atoms with E-state index in [0.29, 0.717) is 5.92 Å². The molecule has 0 radical (unpaired) electrons. The van der Waals surface area contributed by atoms with Crippen molar-refractivity contribution in [3.63, 3.8) is 0 Å². The highest BCUT2D eigenvalue weighted by atomic mass is 79.9. The summed E-state index contributed by atoms with van der Waals surface area (Å²) in [5.74, 6) is 1.40. The lowest BCUT2D eigenvalue weighted by Gasteiger charge is -2.22. The zero-order chi connectivity index (χ0) is 14.3. The van der Waals surface area contributed by atoms with Crippen molar-refractivity contribution >= 4 is 15.9 Å². The minimum atomic E-state index is 0.672. The Hall–Kier alpha value is -0.380. The number of nitrogens with zero attached hydrogens (tertiary/aromatic N) is 1. The van der Waals surface area contributed by atoms with Gasteiger partial charge in [0.15, 0.2) is 0 Å². The van der Waals surface area contributed by atoms with Crippen molar-refractivity contribution in [2.24, 2.45) is 11.8 Å². The quantitative estimate of drug-likeness (QED) is 0.782. The third kappa shape index (κ3) is 7.09. The van der Waals surface area contributed by atoms with Gasteiger partial charge in [0.1, 0.15) is 0 Å². The molecule has 1 aromatic carbocycles. The van der Waals surface area contributed by atoms with Crippen LogP contribution < -0.4 is 5.32 Å². The molecule has 19 heavy (non-hydrogen) atoms. The van der Waals surface area contributed by atoms with Gasteiger partial charge in [-0.05, 0) is 43.6 Å². The van der Waals surface area contributed by atoms with E-state index in [9.17, 15) is 0 Å². The predicted molar refractivity (Wildman–Crippen MR) is 87.3 cm³/mol. The van der Waals surface area contributed by atoms with E-state index in [1.165, 1.54) is 10.0 Å². The van der Waals surface area contributed by atoms with Crippen molar-refractivity contribution < 1.29 is 0 Å². The SMILES string of the molecule is CC(C)CNCC(C)CN(C)Cc1ccccc1Br. The summed E-state index contributed by atoms with van der Waals surface area (Å²) in [6.45, 7) is 11.1. The van der Waals surface area contributed by atoms with Crippen molar-refractivity contribution in [3.8, 4) is 0 Å². The molecule has 1 rings (SSSR count). The van der Waals surface area contributed by atoms with Gasteiger partial charge in [-0.25, -0.2) is 0 Å². The second-order valence-electron chi connectivity index (χ2n) is 5.95. The van der Waals surface area contributed by atoms with Gasteiger partial charge in [-0.1, -0.05) is 54.9 Å². The summed E-state index contributed by atoms with van der Waals surface area (Å²) in [5.41, 5.74) is 1.35. The molecule has 0 saturated heterocycles. The van der Waals surface area contributed by atoms with Crippen LogP contribution in [0.4, 0.5) is 0 Å². The van der Waals surface area contributed by atoms with Gasteiger partial charge in [-0.3, -0.25) is 0 Å². The minimum Gasteiger partial charge on any atom is -0.316 e. The third-order valence-electron chi connectivity index (χ3n) is 3.07. The summed E-state index contributed by atoms with van der Waals surface area (Å²) in [6.07, 6.45) is 0. The van der Waals surface area contributed by atoms with Gasteiger partial charge in [0.05, 0.1) is 0 Å². The van der Waals surface area contributed by atoms with Gasteiger partial charge in [-0.2, -0.15) is 0 Å². The van der Waals surface area contributed by atoms with Gasteiger partial charge < -0.3 is 10.2 Å². The highest BCUT2D eigenvalue weighted by molar-refractivity contribution is 9.10. The van der Waals surface area contributed by atoms with Crippen LogP contribution in [0.1, 0.15) is 26.3 Å². The van der Waals surface area contributed by atoms with Crippen LogP contribution in [-0.4, -0.2) is 31.6 Å². The number of benzene rings is 1. The second-order valence-corrected chi connectivity index (χ2v) is 6.80. The molecule has 0 saturated carbocycles. The number of halogens is 1. The summed E-state index contributed by atoms with van der Waals surface area (Å²) < 4.78 is 1.20. The Morgan fingerprint density at radius 2 is 1.84 bits per heavy atom. The lowest BCUT2D eigenvalue weighted by Crippen LogP contribution is -2.32. The third-order valence-corrected chi connectivity index (χ3v) is 3.84. The second kappa shape index (κ2) is 8.72. The Labute approximate surface area is 126 Å². The molecular formula is C16H27BrN2. The van der Waals surface area contributed by atoms with E-state index in [0.717, 1.165) is 32.1 Å². The van der Waals surface area contributed by atoms with Gasteiger partial charge in [-0.15, -0.1) is 0 Å². The Bertz CT molecular complexity index is 366. The predicted octanol–water partition coefficient (Wildman–Crippen LogP) is 3.76. The molecule has 0 aliphatic heterocycles. The fourth-order valence-electron chi connectivity index (χ4n) is 2.20. The number of hydrogen-bond donors (Lipinski definition) is 1. The maximum Gasteiger partial charge on any atom is 0.0242 e. The smallest absolute Gasteiger partial charge is 0.0242 e. The molecule has 0 bridgehead atoms. The van der Waals surface area contributed by atoms with Gasteiger partial charge in [0.25, 0.3) is 0 Å². The average Bonchev–Trinajstić information content (AvgIpc) is 2.31. The molecule has 1 aromatic rings. The van der Waals surface area contributed by atoms with Crippen molar-refractivity contribution in [1.82, 2.24) is 10.2 Å². The van der Waals surface area contributed by atoms with Crippen LogP contribution in [0.15, 0.2) is 28.7 Å². The molecule has 0 amide bonds. The van der Waals surface area contributed by atoms with Gasteiger partial charge in [0.2, 0.25) is 0 Å². The Morgan fingerprint density at radius 3 is 2.47 bits per heavy atom. The summed E-state index contributed by atoms with van der Waals surface area (Å²) >= 11 is 3.61. The highest BCUT2D eigenvalue weighted by Gasteiger charge is 2.08. The molecule has 0 fully saturated rings. The normalized spacial score (nSPS) is 13.2. The van der Waals surface area contributed by atoms with E-state index < -0.39 is 0 Å². The standard InChI is InChI=1S/C16H27BrN2/c1-13(2)9-18-10-14(3)11-19(4)12-15-7-5-6-8-16(15)17/h5-8,13-14,18H,9-12H2,1-4H3. The van der Waals surface area contributed by atoms with Crippen LogP contribution >= 0.6 is 15.9 Å². The molecule has 0 aliphatic carbocycles. The maximum absolute atomic E-state index is 3.61. The highest BCUT2D eigenvalue weighted by Crippen LogP contribution is 2.17. The summed E-state index contributed by atoms with van der Waals surface area (Å²) in [4.78, 5) is 2.39. The first-order valence-corrected chi connectivity index (χ1v) is 7.91. The van der Waals surface area contributed by atoms with Crippen LogP contribution in [-0.2, 0) is 6.54 Å². The molecule has 1 N–H and O–H groups in total. The maximum atomic E-state index is 3.61. The zero-order valence-electron chi connectivity index (χ0n) is 12.6. The van der Waals surface area contributed by atoms with Crippen molar-refractivity contribution in [2.45, 2.75) is 27.3 Å². The molecule has 1 atom stereocenters. The lowest BCUT2D eigenvalue weighted by atomic mass is 10.1. The molecule has 108 valence electrons. The van der Waals surface area contributed by atoms with E-state index in [4.69, 9.17) is 0 Å². The largest absolute Gasteiger partial charge is 0.316 e. The number of nitrogens with one attached hydrogen (secondary N) is 1. The fourth-order valence-corrected chi connectivity index (χ4v) is 2.61. The fraction of sp³-hybridized carbons (Fsp3) is 0.625. The number of hydrogen-bond acceptors (Lipinski definition) is 2. The molecule has 0 aliphatic rings. The molecule has 1 unspecified atom stereocenters. The van der Waals surface area contributed by atoms with Gasteiger partial charge in [0, 0.05) is 17.6 Å². The van der Waals surface area contributed by atoms with E-state index in [1.54, 1.807) is 0 Å². The Kier molecular flexibility index (Phi) is 7.66. The van der Waals surface area contributed by atoms with Crippen LogP contribution in [0.3, 0.4) is 0 Å². The molecular weight excluding hydrogens is 300 g/mol. The van der Waals surface area contributed by atoms with Crippen molar-refractivity contribution in [2.75, 3.05) is 26.7 Å². The van der Waals surface area contributed by atoms with Crippen LogP contribution in [0.25, 0.3) is 0 Å². The first-order valence-electron chi connectivity index (χ1n) is 7.11. The number of rotatable bonds is 8. The van der Waals surface area contributed by atoms with E-state index in [1.807, 2.05) is 0 Å². The van der Waals surface area contributed by atoms with Crippen molar-refractivity contribution in [3.05, 3.63) is 34.3 Å². The topological polar surface area (TPSA) is 15.3 Å². The molecule has 0 spiro atoms. The van der Waals surface area contributed by atoms with Crippen molar-refractivity contribution in [1.29, 1.82) is 0 Å². The average molecular weight is 327 g/mol. The Morgan fingerprint density at radius 1 is 1.16 bits per heavy atom. The van der Waals surface area contributed by atoms with Crippen LogP contribution in [0, 0.1) is 11.8 Å². The van der Waals surface area contributed by atoms with Gasteiger partial charge >= 0.3 is 0 Å². The van der Waals surface area contributed by atoms with Crippen LogP contribution in [0.2, 0.25) is 0 Å².